The number of carbonyl (C=O) groups excluding carboxylic acids is 1. The number of carbonyl (C=O) groups is 1. The van der Waals surface area contributed by atoms with Crippen molar-refractivity contribution in [1.29, 1.82) is 5.26 Å². The highest BCUT2D eigenvalue weighted by Gasteiger charge is 2.39. The molecule has 1 amide bonds. The number of anilines is 1. The standard InChI is InChI=1S/C24H24ClN3OS/c1-4-13-30-24-18(14-26)22(17-10-6-7-11-19(17)25)21(16(3)27-24)23(29)28-20-12-8-5-9-15(20)2/h5-12,18,22H,4,13H2,1-3H3,(H,28,29)/t18?,22-/m0/s1. The minimum Gasteiger partial charge on any atom is -0.322 e. The number of thioether (sulfide) groups is 1. The minimum absolute atomic E-state index is 0.254. The third-order valence-corrected chi connectivity index (χ3v) is 6.65. The van der Waals surface area contributed by atoms with Crippen molar-refractivity contribution in [2.75, 3.05) is 11.1 Å². The maximum Gasteiger partial charge on any atom is 0.254 e. The lowest BCUT2D eigenvalue weighted by Gasteiger charge is -2.31. The third-order valence-electron chi connectivity index (χ3n) is 5.05. The molecule has 30 heavy (non-hydrogen) atoms. The SMILES string of the molecule is CCCSC1=NC(C)=C(C(=O)Nc2ccccc2C)[C@@H](c2ccccc2Cl)C1C#N. The van der Waals surface area contributed by atoms with Crippen LogP contribution in [0.15, 0.2) is 64.8 Å². The van der Waals surface area contributed by atoms with Gasteiger partial charge in [0.2, 0.25) is 0 Å². The van der Waals surface area contributed by atoms with E-state index >= 15 is 0 Å². The maximum atomic E-state index is 13.4. The molecule has 2 atom stereocenters. The van der Waals surface area contributed by atoms with Gasteiger partial charge in [-0.15, -0.1) is 11.8 Å². The van der Waals surface area contributed by atoms with Crippen LogP contribution in [-0.4, -0.2) is 16.7 Å². The van der Waals surface area contributed by atoms with Gasteiger partial charge >= 0.3 is 0 Å². The molecular formula is C24H24ClN3OS. The van der Waals surface area contributed by atoms with Crippen molar-refractivity contribution in [3.05, 3.63) is 76.0 Å². The molecule has 1 aliphatic heterocycles. The minimum atomic E-state index is -0.567. The second-order valence-corrected chi connectivity index (χ2v) is 8.69. The summed E-state index contributed by atoms with van der Waals surface area (Å²) < 4.78 is 0. The van der Waals surface area contributed by atoms with Gasteiger partial charge in [-0.3, -0.25) is 4.79 Å². The van der Waals surface area contributed by atoms with Crippen molar-refractivity contribution in [3.63, 3.8) is 0 Å². The van der Waals surface area contributed by atoms with E-state index in [1.54, 1.807) is 17.8 Å². The number of aryl methyl sites for hydroxylation is 1. The van der Waals surface area contributed by atoms with E-state index in [4.69, 9.17) is 11.6 Å². The van der Waals surface area contributed by atoms with Crippen LogP contribution in [0.1, 0.15) is 37.3 Å². The van der Waals surface area contributed by atoms with E-state index < -0.39 is 11.8 Å². The number of nitrogens with zero attached hydrogens (tertiary/aromatic N) is 2. The third kappa shape index (κ3) is 4.61. The summed E-state index contributed by atoms with van der Waals surface area (Å²) in [7, 11) is 0. The molecule has 2 aromatic rings. The molecule has 0 aliphatic carbocycles. The smallest absolute Gasteiger partial charge is 0.254 e. The first kappa shape index (κ1) is 22.1. The first-order valence-corrected chi connectivity index (χ1v) is 11.3. The molecule has 0 radical (unpaired) electrons. The topological polar surface area (TPSA) is 65.2 Å². The molecule has 1 unspecified atom stereocenters. The molecular weight excluding hydrogens is 414 g/mol. The fourth-order valence-electron chi connectivity index (χ4n) is 3.56. The number of para-hydroxylation sites is 1. The van der Waals surface area contributed by atoms with E-state index in [1.165, 1.54) is 0 Å². The lowest BCUT2D eigenvalue weighted by atomic mass is 9.78. The van der Waals surface area contributed by atoms with Crippen molar-refractivity contribution in [2.24, 2.45) is 10.9 Å². The van der Waals surface area contributed by atoms with Gasteiger partial charge in [0.15, 0.2) is 0 Å². The van der Waals surface area contributed by atoms with Crippen LogP contribution in [0, 0.1) is 24.2 Å². The molecule has 6 heteroatoms. The Morgan fingerprint density at radius 3 is 2.57 bits per heavy atom. The molecule has 2 aromatic carbocycles. The zero-order valence-electron chi connectivity index (χ0n) is 17.3. The Morgan fingerprint density at radius 2 is 1.90 bits per heavy atom. The normalized spacial score (nSPS) is 18.6. The summed E-state index contributed by atoms with van der Waals surface area (Å²) in [5.74, 6) is -0.438. The highest BCUT2D eigenvalue weighted by molar-refractivity contribution is 8.14. The van der Waals surface area contributed by atoms with Crippen LogP contribution in [0.2, 0.25) is 5.02 Å². The average molecular weight is 438 g/mol. The Bertz CT molecular complexity index is 1050. The van der Waals surface area contributed by atoms with Crippen LogP contribution in [0.3, 0.4) is 0 Å². The number of nitriles is 1. The van der Waals surface area contributed by atoms with Gasteiger partial charge in [0.25, 0.3) is 5.91 Å². The van der Waals surface area contributed by atoms with Gasteiger partial charge in [0, 0.05) is 27.9 Å². The van der Waals surface area contributed by atoms with Gasteiger partial charge < -0.3 is 5.32 Å². The Kier molecular flexibility index (Phi) is 7.36. The van der Waals surface area contributed by atoms with E-state index in [0.717, 1.165) is 34.0 Å². The predicted molar refractivity (Wildman–Crippen MR) is 126 cm³/mol. The van der Waals surface area contributed by atoms with Crippen LogP contribution in [0.25, 0.3) is 0 Å². The monoisotopic (exact) mass is 437 g/mol. The molecule has 3 rings (SSSR count). The second-order valence-electron chi connectivity index (χ2n) is 7.17. The van der Waals surface area contributed by atoms with Gasteiger partial charge in [0.1, 0.15) is 5.92 Å². The molecule has 4 nitrogen and oxygen atoms in total. The molecule has 1 N–H and O–H groups in total. The van der Waals surface area contributed by atoms with Gasteiger partial charge in [-0.1, -0.05) is 54.9 Å². The van der Waals surface area contributed by atoms with E-state index in [2.05, 4.69) is 23.3 Å². The first-order valence-electron chi connectivity index (χ1n) is 9.91. The lowest BCUT2D eigenvalue weighted by Crippen LogP contribution is -2.31. The van der Waals surface area contributed by atoms with Gasteiger partial charge in [-0.25, -0.2) is 4.99 Å². The number of aliphatic imine (C=N–C) groups is 1. The molecule has 0 fully saturated rings. The summed E-state index contributed by atoms with van der Waals surface area (Å²) in [5.41, 5.74) is 3.58. The van der Waals surface area contributed by atoms with Gasteiger partial charge in [-0.2, -0.15) is 5.26 Å². The summed E-state index contributed by atoms with van der Waals surface area (Å²) in [5, 5.41) is 14.4. The number of hydrogen-bond acceptors (Lipinski definition) is 4. The fourth-order valence-corrected chi connectivity index (χ4v) is 4.79. The van der Waals surface area contributed by atoms with Crippen molar-refractivity contribution < 1.29 is 4.79 Å². The summed E-state index contributed by atoms with van der Waals surface area (Å²) in [6.45, 7) is 5.86. The second kappa shape index (κ2) is 9.97. The zero-order chi connectivity index (χ0) is 21.7. The summed E-state index contributed by atoms with van der Waals surface area (Å²) in [6.07, 6.45) is 0.974. The molecule has 154 valence electrons. The van der Waals surface area contributed by atoms with E-state index in [0.29, 0.717) is 16.3 Å². The maximum absolute atomic E-state index is 13.4. The average Bonchev–Trinajstić information content (AvgIpc) is 2.73. The summed E-state index contributed by atoms with van der Waals surface area (Å²) in [4.78, 5) is 18.1. The molecule has 0 saturated heterocycles. The Hall–Kier alpha value is -2.55. The first-order chi connectivity index (χ1) is 14.5. The van der Waals surface area contributed by atoms with Gasteiger partial charge in [0.05, 0.1) is 11.1 Å². The van der Waals surface area contributed by atoms with Crippen LogP contribution in [0.5, 0.6) is 0 Å². The van der Waals surface area contributed by atoms with E-state index in [-0.39, 0.29) is 5.91 Å². The van der Waals surface area contributed by atoms with Crippen molar-refractivity contribution >= 4 is 40.0 Å². The van der Waals surface area contributed by atoms with Crippen LogP contribution in [-0.2, 0) is 4.79 Å². The van der Waals surface area contributed by atoms with Crippen LogP contribution >= 0.6 is 23.4 Å². The van der Waals surface area contributed by atoms with Crippen molar-refractivity contribution in [1.82, 2.24) is 0 Å². The number of amides is 1. The number of allylic oxidation sites excluding steroid dienone is 1. The van der Waals surface area contributed by atoms with Gasteiger partial charge in [-0.05, 0) is 49.3 Å². The number of benzene rings is 2. The highest BCUT2D eigenvalue weighted by atomic mass is 35.5. The lowest BCUT2D eigenvalue weighted by molar-refractivity contribution is -0.113. The van der Waals surface area contributed by atoms with Crippen molar-refractivity contribution in [2.45, 2.75) is 33.1 Å². The Labute approximate surface area is 187 Å². The summed E-state index contributed by atoms with van der Waals surface area (Å²) in [6, 6.07) is 17.4. The van der Waals surface area contributed by atoms with Crippen molar-refractivity contribution in [3.8, 4) is 6.07 Å². The number of hydrogen-bond donors (Lipinski definition) is 1. The molecule has 1 aliphatic rings. The number of halogens is 1. The highest BCUT2D eigenvalue weighted by Crippen LogP contribution is 2.43. The molecule has 1 heterocycles. The number of nitrogens with one attached hydrogen (secondary N) is 1. The zero-order valence-corrected chi connectivity index (χ0v) is 18.8. The van der Waals surface area contributed by atoms with Crippen LogP contribution in [0.4, 0.5) is 5.69 Å². The Morgan fingerprint density at radius 1 is 1.20 bits per heavy atom. The van der Waals surface area contributed by atoms with E-state index in [1.807, 2.05) is 56.3 Å². The van der Waals surface area contributed by atoms with Crippen LogP contribution < -0.4 is 5.32 Å². The molecule has 0 spiro atoms. The molecule has 0 saturated carbocycles. The fraction of sp³-hybridized carbons (Fsp3) is 0.292. The predicted octanol–water partition coefficient (Wildman–Crippen LogP) is 6.34. The summed E-state index contributed by atoms with van der Waals surface area (Å²) >= 11 is 8.10. The Balaban J connectivity index is 2.11. The molecule has 0 aromatic heterocycles. The quantitative estimate of drug-likeness (QED) is 0.593. The van der Waals surface area contributed by atoms with E-state index in [9.17, 15) is 10.1 Å². The number of rotatable bonds is 5. The molecule has 0 bridgehead atoms. The largest absolute Gasteiger partial charge is 0.322 e.